The lowest BCUT2D eigenvalue weighted by Crippen LogP contribution is -2.24. The average molecular weight is 505 g/mol. The van der Waals surface area contributed by atoms with E-state index in [1.54, 1.807) is 37.3 Å². The van der Waals surface area contributed by atoms with Crippen molar-refractivity contribution in [3.8, 4) is 5.75 Å². The van der Waals surface area contributed by atoms with Crippen LogP contribution in [-0.4, -0.2) is 24.5 Å². The van der Waals surface area contributed by atoms with Crippen LogP contribution in [0.1, 0.15) is 117 Å². The summed E-state index contributed by atoms with van der Waals surface area (Å²) >= 11 is 0. The van der Waals surface area contributed by atoms with Gasteiger partial charge in [0.05, 0.1) is 5.56 Å². The Labute approximate surface area is 223 Å². The summed E-state index contributed by atoms with van der Waals surface area (Å²) in [6, 6.07) is 14.6. The summed E-state index contributed by atoms with van der Waals surface area (Å²) < 4.78 is 10.9. The molecule has 1 saturated carbocycles. The molecular formula is C33H44O4. The number of carbonyl (C=O) groups excluding carboxylic acids is 2. The lowest BCUT2D eigenvalue weighted by atomic mass is 9.77. The van der Waals surface area contributed by atoms with E-state index < -0.39 is 12.1 Å². The SMILES string of the molecule is C=CCOc1ccc(C(=O)C(C)OC(=O)c2ccc(C3CCC(CCCCCCCC)CC3)cc2)cc1. The quantitative estimate of drug-likeness (QED) is 0.105. The summed E-state index contributed by atoms with van der Waals surface area (Å²) in [7, 11) is 0. The van der Waals surface area contributed by atoms with Crippen LogP contribution in [-0.2, 0) is 4.74 Å². The molecule has 2 aromatic carbocycles. The topological polar surface area (TPSA) is 52.6 Å². The second kappa shape index (κ2) is 15.4. The highest BCUT2D eigenvalue weighted by Gasteiger charge is 2.23. The zero-order valence-electron chi connectivity index (χ0n) is 22.8. The van der Waals surface area contributed by atoms with E-state index in [9.17, 15) is 9.59 Å². The minimum atomic E-state index is -0.867. The average Bonchev–Trinajstić information content (AvgIpc) is 2.94. The van der Waals surface area contributed by atoms with Crippen molar-refractivity contribution in [3.05, 3.63) is 77.9 Å². The first kappa shape index (κ1) is 28.7. The Hall–Kier alpha value is -2.88. The molecule has 0 amide bonds. The van der Waals surface area contributed by atoms with Crippen molar-refractivity contribution in [1.29, 1.82) is 0 Å². The molecule has 0 aliphatic heterocycles. The largest absolute Gasteiger partial charge is 0.490 e. The first-order valence-corrected chi connectivity index (χ1v) is 14.2. The first-order valence-electron chi connectivity index (χ1n) is 14.2. The Morgan fingerprint density at radius 1 is 0.892 bits per heavy atom. The fraction of sp³-hybridized carbons (Fsp3) is 0.515. The molecule has 1 unspecified atom stereocenters. The molecule has 37 heavy (non-hydrogen) atoms. The van der Waals surface area contributed by atoms with Gasteiger partial charge in [-0.2, -0.15) is 0 Å². The van der Waals surface area contributed by atoms with Crippen molar-refractivity contribution >= 4 is 11.8 Å². The van der Waals surface area contributed by atoms with E-state index in [2.05, 4.69) is 25.6 Å². The maximum absolute atomic E-state index is 12.7. The Morgan fingerprint density at radius 3 is 2.16 bits per heavy atom. The molecule has 4 heteroatoms. The smallest absolute Gasteiger partial charge is 0.338 e. The molecule has 0 saturated heterocycles. The van der Waals surface area contributed by atoms with Crippen LogP contribution >= 0.6 is 0 Å². The number of carbonyl (C=O) groups is 2. The number of Topliss-reactive ketones (excluding diaryl/α,β-unsaturated/α-hetero) is 1. The second-order valence-corrected chi connectivity index (χ2v) is 10.4. The molecule has 4 nitrogen and oxygen atoms in total. The third-order valence-electron chi connectivity index (χ3n) is 7.59. The van der Waals surface area contributed by atoms with Gasteiger partial charge in [0.2, 0.25) is 5.78 Å². The summed E-state index contributed by atoms with van der Waals surface area (Å²) in [5.74, 6) is 1.41. The van der Waals surface area contributed by atoms with Gasteiger partial charge >= 0.3 is 5.97 Å². The van der Waals surface area contributed by atoms with E-state index >= 15 is 0 Å². The van der Waals surface area contributed by atoms with E-state index in [1.165, 1.54) is 76.2 Å². The summed E-state index contributed by atoms with van der Waals surface area (Å²) in [6.07, 6.45) is 15.5. The van der Waals surface area contributed by atoms with Crippen molar-refractivity contribution in [2.45, 2.75) is 96.5 Å². The molecule has 0 heterocycles. The number of esters is 1. The van der Waals surface area contributed by atoms with Gasteiger partial charge in [0.25, 0.3) is 0 Å². The highest BCUT2D eigenvalue weighted by atomic mass is 16.5. The highest BCUT2D eigenvalue weighted by Crippen LogP contribution is 2.38. The van der Waals surface area contributed by atoms with Crippen LogP contribution in [0.15, 0.2) is 61.2 Å². The third-order valence-corrected chi connectivity index (χ3v) is 7.59. The number of unbranched alkanes of at least 4 members (excludes halogenated alkanes) is 5. The van der Waals surface area contributed by atoms with E-state index in [-0.39, 0.29) is 5.78 Å². The van der Waals surface area contributed by atoms with Crippen LogP contribution < -0.4 is 4.74 Å². The minimum Gasteiger partial charge on any atom is -0.490 e. The molecule has 1 aliphatic carbocycles. The molecule has 2 aromatic rings. The fourth-order valence-corrected chi connectivity index (χ4v) is 5.28. The summed E-state index contributed by atoms with van der Waals surface area (Å²) in [6.45, 7) is 7.90. The standard InChI is InChI=1S/C33H44O4/c1-4-6-7-8-9-10-11-26-12-14-27(15-13-26)28-16-18-30(19-17-28)33(35)37-25(3)32(34)29-20-22-31(23-21-29)36-24-5-2/h5,16-23,25-27H,2,4,6-15,24H2,1,3H3. The molecule has 3 rings (SSSR count). The predicted molar refractivity (Wildman–Crippen MR) is 150 cm³/mol. The molecule has 200 valence electrons. The van der Waals surface area contributed by atoms with Crippen LogP contribution in [0.4, 0.5) is 0 Å². The van der Waals surface area contributed by atoms with Gasteiger partial charge in [-0.1, -0.05) is 76.7 Å². The van der Waals surface area contributed by atoms with E-state index in [1.807, 2.05) is 12.1 Å². The fourth-order valence-electron chi connectivity index (χ4n) is 5.28. The Kier molecular flexibility index (Phi) is 11.9. The summed E-state index contributed by atoms with van der Waals surface area (Å²) in [4.78, 5) is 25.4. The molecule has 1 aliphatic rings. The van der Waals surface area contributed by atoms with Crippen molar-refractivity contribution in [2.75, 3.05) is 6.61 Å². The number of ketones is 1. The molecule has 0 radical (unpaired) electrons. The molecule has 1 atom stereocenters. The maximum atomic E-state index is 12.7. The lowest BCUT2D eigenvalue weighted by Gasteiger charge is -2.29. The van der Waals surface area contributed by atoms with Gasteiger partial charge in [-0.05, 0) is 86.4 Å². The number of benzene rings is 2. The molecule has 0 N–H and O–H groups in total. The number of rotatable bonds is 15. The van der Waals surface area contributed by atoms with Gasteiger partial charge in [0.15, 0.2) is 6.10 Å². The Morgan fingerprint density at radius 2 is 1.51 bits per heavy atom. The van der Waals surface area contributed by atoms with Crippen LogP contribution in [0.3, 0.4) is 0 Å². The van der Waals surface area contributed by atoms with Gasteiger partial charge in [-0.3, -0.25) is 4.79 Å². The minimum absolute atomic E-state index is 0.238. The number of hydrogen-bond acceptors (Lipinski definition) is 4. The van der Waals surface area contributed by atoms with E-state index in [0.29, 0.717) is 29.4 Å². The van der Waals surface area contributed by atoms with Gasteiger partial charge in [-0.25, -0.2) is 4.79 Å². The van der Waals surface area contributed by atoms with Crippen molar-refractivity contribution < 1.29 is 19.1 Å². The number of hydrogen-bond donors (Lipinski definition) is 0. The van der Waals surface area contributed by atoms with Crippen LogP contribution in [0.5, 0.6) is 5.75 Å². The summed E-state index contributed by atoms with van der Waals surface area (Å²) in [5.41, 5.74) is 2.26. The van der Waals surface area contributed by atoms with Gasteiger partial charge in [0.1, 0.15) is 12.4 Å². The van der Waals surface area contributed by atoms with Crippen LogP contribution in [0.25, 0.3) is 0 Å². The Balaban J connectivity index is 1.42. The molecule has 1 fully saturated rings. The van der Waals surface area contributed by atoms with Crippen molar-refractivity contribution in [2.24, 2.45) is 5.92 Å². The lowest BCUT2D eigenvalue weighted by molar-refractivity contribution is 0.0318. The first-order chi connectivity index (χ1) is 18.0. The highest BCUT2D eigenvalue weighted by molar-refractivity contribution is 6.01. The van der Waals surface area contributed by atoms with Crippen molar-refractivity contribution in [3.63, 3.8) is 0 Å². The van der Waals surface area contributed by atoms with E-state index in [0.717, 1.165) is 5.92 Å². The van der Waals surface area contributed by atoms with E-state index in [4.69, 9.17) is 9.47 Å². The molecule has 0 aromatic heterocycles. The van der Waals surface area contributed by atoms with Gasteiger partial charge in [0, 0.05) is 5.56 Å². The third kappa shape index (κ3) is 9.18. The number of ether oxygens (including phenoxy) is 2. The van der Waals surface area contributed by atoms with Crippen molar-refractivity contribution in [1.82, 2.24) is 0 Å². The monoisotopic (exact) mass is 504 g/mol. The van der Waals surface area contributed by atoms with Crippen LogP contribution in [0.2, 0.25) is 0 Å². The maximum Gasteiger partial charge on any atom is 0.338 e. The van der Waals surface area contributed by atoms with Crippen LogP contribution in [0, 0.1) is 5.92 Å². The Bertz CT molecular complexity index is 968. The molecule has 0 bridgehead atoms. The van der Waals surface area contributed by atoms with Gasteiger partial charge in [-0.15, -0.1) is 0 Å². The second-order valence-electron chi connectivity index (χ2n) is 10.4. The zero-order chi connectivity index (χ0) is 26.5. The predicted octanol–water partition coefficient (Wildman–Crippen LogP) is 8.70. The summed E-state index contributed by atoms with van der Waals surface area (Å²) in [5, 5.41) is 0. The van der Waals surface area contributed by atoms with Gasteiger partial charge < -0.3 is 9.47 Å². The zero-order valence-corrected chi connectivity index (χ0v) is 22.8. The molecule has 0 spiro atoms. The normalized spacial score (nSPS) is 18.1. The molecular weight excluding hydrogens is 460 g/mol.